The number of aliphatic hydroxyl groups excluding tert-OH is 1. The van der Waals surface area contributed by atoms with Gasteiger partial charge in [-0.25, -0.2) is 0 Å². The fourth-order valence-corrected chi connectivity index (χ4v) is 4.93. The molecule has 0 radical (unpaired) electrons. The summed E-state index contributed by atoms with van der Waals surface area (Å²) in [5.74, 6) is 1.42. The predicted molar refractivity (Wildman–Crippen MR) is 92.7 cm³/mol. The van der Waals surface area contributed by atoms with E-state index in [0.29, 0.717) is 24.7 Å². The van der Waals surface area contributed by atoms with Crippen LogP contribution in [0.3, 0.4) is 0 Å². The topological polar surface area (TPSA) is 51.4 Å². The normalized spacial score (nSPS) is 32.8. The third-order valence-electron chi connectivity index (χ3n) is 5.80. The fraction of sp³-hybridized carbons (Fsp3) is 0.444. The van der Waals surface area contributed by atoms with E-state index in [1.165, 1.54) is 5.56 Å². The minimum Gasteiger partial charge on any atom is -0.396 e. The highest BCUT2D eigenvalue weighted by atomic mass is 35.5. The van der Waals surface area contributed by atoms with Gasteiger partial charge in [0.2, 0.25) is 0 Å². The van der Waals surface area contributed by atoms with Crippen molar-refractivity contribution in [1.82, 2.24) is 4.90 Å². The van der Waals surface area contributed by atoms with Crippen LogP contribution in [0.15, 0.2) is 52.6 Å². The molecule has 0 aromatic heterocycles. The fourth-order valence-electron chi connectivity index (χ4n) is 4.76. The Labute approximate surface area is 145 Å². The molecule has 0 amide bonds. The molecule has 0 fully saturated rings. The summed E-state index contributed by atoms with van der Waals surface area (Å²) in [5.41, 5.74) is 2.48. The molecule has 0 spiro atoms. The van der Waals surface area contributed by atoms with E-state index >= 15 is 0 Å². The molecule has 1 aliphatic carbocycles. The molecule has 1 N–H and O–H groups in total. The second-order valence-electron chi connectivity index (χ2n) is 6.95. The van der Waals surface area contributed by atoms with Gasteiger partial charge in [0.25, 0.3) is 0 Å². The molecular formula is C18H19ClN4O. The van der Waals surface area contributed by atoms with Gasteiger partial charge >= 0.3 is 0 Å². The van der Waals surface area contributed by atoms with Crippen molar-refractivity contribution in [1.29, 1.82) is 0 Å². The number of anilines is 1. The van der Waals surface area contributed by atoms with Gasteiger partial charge in [0.15, 0.2) is 5.82 Å². The maximum atomic E-state index is 9.97. The molecule has 4 aliphatic rings. The minimum atomic E-state index is 0.161. The average Bonchev–Trinajstić information content (AvgIpc) is 3.17. The Morgan fingerprint density at radius 3 is 3.08 bits per heavy atom. The second-order valence-corrected chi connectivity index (χ2v) is 7.38. The predicted octanol–water partition coefficient (Wildman–Crippen LogP) is 3.16. The largest absolute Gasteiger partial charge is 0.396 e. The van der Waals surface area contributed by atoms with E-state index in [4.69, 9.17) is 11.6 Å². The van der Waals surface area contributed by atoms with Gasteiger partial charge in [-0.05, 0) is 30.5 Å². The van der Waals surface area contributed by atoms with Crippen LogP contribution in [0.2, 0.25) is 5.02 Å². The van der Waals surface area contributed by atoms with E-state index in [0.717, 1.165) is 29.4 Å². The SMILES string of the molecule is OCC1C=CCC2C1C1Cc3ccc(Cl)cc3N1C=C1N=NCN12. The van der Waals surface area contributed by atoms with E-state index in [-0.39, 0.29) is 12.5 Å². The summed E-state index contributed by atoms with van der Waals surface area (Å²) < 4.78 is 0. The molecule has 24 heavy (non-hydrogen) atoms. The zero-order valence-corrected chi connectivity index (χ0v) is 14.0. The van der Waals surface area contributed by atoms with Crippen LogP contribution in [0, 0.1) is 11.8 Å². The summed E-state index contributed by atoms with van der Waals surface area (Å²) in [7, 11) is 0. The van der Waals surface area contributed by atoms with Crippen molar-refractivity contribution in [3.63, 3.8) is 0 Å². The molecule has 3 heterocycles. The number of hydrogen-bond acceptors (Lipinski definition) is 5. The lowest BCUT2D eigenvalue weighted by atomic mass is 9.74. The quantitative estimate of drug-likeness (QED) is 0.798. The van der Waals surface area contributed by atoms with Crippen molar-refractivity contribution in [3.05, 3.63) is 53.0 Å². The van der Waals surface area contributed by atoms with E-state index in [1.807, 2.05) is 12.1 Å². The van der Waals surface area contributed by atoms with Crippen molar-refractivity contribution < 1.29 is 5.11 Å². The highest BCUT2D eigenvalue weighted by molar-refractivity contribution is 6.30. The average molecular weight is 343 g/mol. The molecule has 0 bridgehead atoms. The molecule has 0 saturated heterocycles. The van der Waals surface area contributed by atoms with Crippen molar-refractivity contribution >= 4 is 17.3 Å². The lowest BCUT2D eigenvalue weighted by molar-refractivity contribution is 0.107. The summed E-state index contributed by atoms with van der Waals surface area (Å²) in [6, 6.07) is 6.77. The molecule has 4 unspecified atom stereocenters. The number of nitrogens with zero attached hydrogens (tertiary/aromatic N) is 4. The Bertz CT molecular complexity index is 774. The number of benzene rings is 1. The monoisotopic (exact) mass is 342 g/mol. The first-order chi connectivity index (χ1) is 11.8. The molecule has 5 nitrogen and oxygen atoms in total. The third-order valence-corrected chi connectivity index (χ3v) is 6.04. The standard InChI is InChI=1S/C18H19ClN4O/c19-13-5-4-11-6-16-18-12(9-24)2-1-3-14(18)23-10-20-21-17(23)8-22(16)15(11)7-13/h1-2,4-5,7-8,12,14,16,18,24H,3,6,9-10H2. The van der Waals surface area contributed by atoms with Crippen LogP contribution in [0.25, 0.3) is 0 Å². The van der Waals surface area contributed by atoms with Gasteiger partial charge in [-0.15, -0.1) is 5.11 Å². The van der Waals surface area contributed by atoms with Crippen LogP contribution < -0.4 is 4.90 Å². The third kappa shape index (κ3) is 1.98. The number of halogens is 1. The van der Waals surface area contributed by atoms with Gasteiger partial charge in [0.1, 0.15) is 6.67 Å². The first kappa shape index (κ1) is 14.5. The Morgan fingerprint density at radius 2 is 2.21 bits per heavy atom. The lowest BCUT2D eigenvalue weighted by Gasteiger charge is -2.42. The van der Waals surface area contributed by atoms with Crippen molar-refractivity contribution in [2.75, 3.05) is 18.2 Å². The van der Waals surface area contributed by atoms with E-state index < -0.39 is 0 Å². The second kappa shape index (κ2) is 5.33. The molecule has 1 aromatic carbocycles. The molecular weight excluding hydrogens is 324 g/mol. The zero-order valence-electron chi connectivity index (χ0n) is 13.2. The maximum Gasteiger partial charge on any atom is 0.169 e. The van der Waals surface area contributed by atoms with Gasteiger partial charge in [-0.2, -0.15) is 5.11 Å². The van der Waals surface area contributed by atoms with Gasteiger partial charge in [0, 0.05) is 47.4 Å². The van der Waals surface area contributed by atoms with Crippen molar-refractivity contribution in [2.24, 2.45) is 22.1 Å². The van der Waals surface area contributed by atoms with E-state index in [2.05, 4.69) is 44.4 Å². The van der Waals surface area contributed by atoms with Gasteiger partial charge < -0.3 is 14.9 Å². The summed E-state index contributed by atoms with van der Waals surface area (Å²) >= 11 is 6.25. The highest BCUT2D eigenvalue weighted by Gasteiger charge is 2.47. The van der Waals surface area contributed by atoms with Crippen LogP contribution in [-0.2, 0) is 6.42 Å². The van der Waals surface area contributed by atoms with Gasteiger partial charge in [0.05, 0.1) is 0 Å². The van der Waals surface area contributed by atoms with E-state index in [9.17, 15) is 5.11 Å². The number of hydrogen-bond donors (Lipinski definition) is 1. The van der Waals surface area contributed by atoms with E-state index in [1.54, 1.807) is 0 Å². The maximum absolute atomic E-state index is 9.97. The molecule has 124 valence electrons. The Balaban J connectivity index is 1.66. The Kier molecular flexibility index (Phi) is 3.22. The first-order valence-corrected chi connectivity index (χ1v) is 8.84. The van der Waals surface area contributed by atoms with Crippen LogP contribution >= 0.6 is 11.6 Å². The minimum absolute atomic E-state index is 0.161. The number of rotatable bonds is 1. The summed E-state index contributed by atoms with van der Waals surface area (Å²) in [5, 5.41) is 19.3. The van der Waals surface area contributed by atoms with Crippen LogP contribution in [-0.4, -0.2) is 35.4 Å². The van der Waals surface area contributed by atoms with Crippen LogP contribution in [0.5, 0.6) is 0 Å². The summed E-state index contributed by atoms with van der Waals surface area (Å²) in [6.07, 6.45) is 8.46. The van der Waals surface area contributed by atoms with Crippen molar-refractivity contribution in [3.8, 4) is 0 Å². The number of fused-ring (bicyclic) bond motifs is 7. The molecule has 4 atom stereocenters. The van der Waals surface area contributed by atoms with Gasteiger partial charge in [-0.3, -0.25) is 0 Å². The smallest absolute Gasteiger partial charge is 0.169 e. The highest BCUT2D eigenvalue weighted by Crippen LogP contribution is 2.46. The zero-order chi connectivity index (χ0) is 16.3. The number of azo groups is 1. The van der Waals surface area contributed by atoms with Gasteiger partial charge in [-0.1, -0.05) is 29.8 Å². The molecule has 6 heteroatoms. The molecule has 5 rings (SSSR count). The Hall–Kier alpha value is -1.85. The number of aliphatic hydroxyl groups is 1. The first-order valence-electron chi connectivity index (χ1n) is 8.46. The van der Waals surface area contributed by atoms with Crippen molar-refractivity contribution in [2.45, 2.75) is 24.9 Å². The summed E-state index contributed by atoms with van der Waals surface area (Å²) in [4.78, 5) is 4.61. The van der Waals surface area contributed by atoms with Crippen LogP contribution in [0.4, 0.5) is 5.69 Å². The lowest BCUT2D eigenvalue weighted by Crippen LogP contribution is -2.50. The Morgan fingerprint density at radius 1 is 1.29 bits per heavy atom. The van der Waals surface area contributed by atoms with Crippen LogP contribution in [0.1, 0.15) is 12.0 Å². The summed E-state index contributed by atoms with van der Waals surface area (Å²) in [6.45, 7) is 0.790. The molecule has 3 aliphatic heterocycles. The molecule has 1 aromatic rings. The molecule has 0 saturated carbocycles.